The highest BCUT2D eigenvalue weighted by Crippen LogP contribution is 2.18. The first-order valence-corrected chi connectivity index (χ1v) is 4.96. The van der Waals surface area contributed by atoms with Gasteiger partial charge in [0.15, 0.2) is 0 Å². The van der Waals surface area contributed by atoms with Crippen LogP contribution in [0.1, 0.15) is 18.4 Å². The fraction of sp³-hybridized carbons (Fsp3) is 0.300. The first-order valence-electron chi connectivity index (χ1n) is 4.96. The smallest absolute Gasteiger partial charge is 0.230 e. The molecule has 3 N–H and O–H groups in total. The number of carbonyl (C=O) groups excluding carboxylic acids is 2. The molecule has 6 nitrogen and oxygen atoms in total. The topological polar surface area (TPSA) is 88.3 Å². The van der Waals surface area contributed by atoms with Gasteiger partial charge in [-0.25, -0.2) is 10.8 Å². The van der Waals surface area contributed by atoms with Crippen LogP contribution in [0.15, 0.2) is 18.3 Å². The van der Waals surface area contributed by atoms with E-state index in [1.165, 1.54) is 4.90 Å². The van der Waals surface area contributed by atoms with Crippen molar-refractivity contribution in [3.63, 3.8) is 0 Å². The Hall–Kier alpha value is -1.95. The van der Waals surface area contributed by atoms with Crippen LogP contribution in [0.5, 0.6) is 0 Å². The lowest BCUT2D eigenvalue weighted by Crippen LogP contribution is -2.29. The molecule has 2 amide bonds. The van der Waals surface area contributed by atoms with Crippen molar-refractivity contribution >= 4 is 17.6 Å². The van der Waals surface area contributed by atoms with Crippen LogP contribution >= 0.6 is 0 Å². The van der Waals surface area contributed by atoms with Crippen molar-refractivity contribution in [2.75, 3.05) is 5.43 Å². The van der Waals surface area contributed by atoms with Crippen molar-refractivity contribution in [2.24, 2.45) is 5.84 Å². The van der Waals surface area contributed by atoms with Gasteiger partial charge < -0.3 is 5.43 Å². The Morgan fingerprint density at radius 3 is 2.69 bits per heavy atom. The maximum atomic E-state index is 11.4. The van der Waals surface area contributed by atoms with Crippen molar-refractivity contribution < 1.29 is 9.59 Å². The highest BCUT2D eigenvalue weighted by molar-refractivity contribution is 6.01. The second-order valence-corrected chi connectivity index (χ2v) is 3.53. The maximum Gasteiger partial charge on any atom is 0.230 e. The first kappa shape index (κ1) is 10.6. The summed E-state index contributed by atoms with van der Waals surface area (Å²) in [4.78, 5) is 28.1. The van der Waals surface area contributed by atoms with Crippen LogP contribution in [-0.2, 0) is 16.1 Å². The molecule has 84 valence electrons. The Morgan fingerprint density at radius 2 is 2.06 bits per heavy atom. The molecule has 0 unspecified atom stereocenters. The number of carbonyl (C=O) groups is 2. The molecular formula is C10H12N4O2. The molecule has 1 saturated heterocycles. The second-order valence-electron chi connectivity index (χ2n) is 3.53. The zero-order valence-electron chi connectivity index (χ0n) is 8.64. The van der Waals surface area contributed by atoms with E-state index < -0.39 is 0 Å². The number of hydrogen-bond donors (Lipinski definition) is 2. The Kier molecular flexibility index (Phi) is 2.82. The van der Waals surface area contributed by atoms with Gasteiger partial charge >= 0.3 is 0 Å². The third-order valence-electron chi connectivity index (χ3n) is 2.51. The van der Waals surface area contributed by atoms with Gasteiger partial charge in [0.25, 0.3) is 0 Å². The molecule has 0 bridgehead atoms. The van der Waals surface area contributed by atoms with Crippen LogP contribution in [0.3, 0.4) is 0 Å². The van der Waals surface area contributed by atoms with Gasteiger partial charge in [-0.15, -0.1) is 0 Å². The average molecular weight is 220 g/mol. The molecule has 0 radical (unpaired) electrons. The van der Waals surface area contributed by atoms with Crippen LogP contribution in [0.2, 0.25) is 0 Å². The molecule has 1 aromatic rings. The zero-order chi connectivity index (χ0) is 11.5. The third kappa shape index (κ3) is 1.87. The van der Waals surface area contributed by atoms with Crippen LogP contribution in [0, 0.1) is 0 Å². The summed E-state index contributed by atoms with van der Waals surface area (Å²) in [5.74, 6) is 5.49. The molecule has 0 saturated carbocycles. The minimum atomic E-state index is -0.142. The molecule has 0 aromatic carbocycles. The summed E-state index contributed by atoms with van der Waals surface area (Å²) in [6.07, 6.45) is 2.18. The van der Waals surface area contributed by atoms with E-state index in [1.54, 1.807) is 18.3 Å². The van der Waals surface area contributed by atoms with E-state index in [1.807, 2.05) is 0 Å². The number of rotatable bonds is 3. The molecule has 1 fully saturated rings. The van der Waals surface area contributed by atoms with E-state index in [0.29, 0.717) is 18.7 Å². The van der Waals surface area contributed by atoms with Crippen molar-refractivity contribution in [2.45, 2.75) is 19.4 Å². The van der Waals surface area contributed by atoms with Gasteiger partial charge in [0.1, 0.15) is 5.82 Å². The van der Waals surface area contributed by atoms with Gasteiger partial charge in [-0.3, -0.25) is 14.5 Å². The summed E-state index contributed by atoms with van der Waals surface area (Å²) in [5, 5.41) is 0. The number of hydrazine groups is 1. The zero-order valence-corrected chi connectivity index (χ0v) is 8.64. The van der Waals surface area contributed by atoms with Crippen LogP contribution < -0.4 is 11.3 Å². The number of aromatic nitrogens is 1. The molecule has 1 aliphatic rings. The summed E-state index contributed by atoms with van der Waals surface area (Å²) in [5.41, 5.74) is 3.17. The van der Waals surface area contributed by atoms with Crippen LogP contribution in [0.25, 0.3) is 0 Å². The fourth-order valence-corrected chi connectivity index (χ4v) is 1.67. The molecular weight excluding hydrogens is 208 g/mol. The molecule has 1 aliphatic heterocycles. The molecule has 2 heterocycles. The van der Waals surface area contributed by atoms with E-state index in [0.717, 1.165) is 5.56 Å². The molecule has 0 spiro atoms. The predicted octanol–water partition coefficient (Wildman–Crippen LogP) is 0.0162. The summed E-state index contributed by atoms with van der Waals surface area (Å²) in [6, 6.07) is 3.52. The number of amides is 2. The van der Waals surface area contributed by atoms with Crippen LogP contribution in [0.4, 0.5) is 5.82 Å². The lowest BCUT2D eigenvalue weighted by atomic mass is 10.2. The van der Waals surface area contributed by atoms with E-state index >= 15 is 0 Å². The van der Waals surface area contributed by atoms with Crippen molar-refractivity contribution in [1.29, 1.82) is 0 Å². The number of likely N-dealkylation sites (tertiary alicyclic amines) is 1. The summed E-state index contributed by atoms with van der Waals surface area (Å²) in [6.45, 7) is 0.227. The molecule has 6 heteroatoms. The van der Waals surface area contributed by atoms with Gasteiger partial charge in [0.05, 0.1) is 6.54 Å². The van der Waals surface area contributed by atoms with Gasteiger partial charge in [0.2, 0.25) is 11.8 Å². The second kappa shape index (κ2) is 4.28. The maximum absolute atomic E-state index is 11.4. The number of hydrogen-bond acceptors (Lipinski definition) is 5. The van der Waals surface area contributed by atoms with E-state index in [9.17, 15) is 9.59 Å². The van der Waals surface area contributed by atoms with Gasteiger partial charge in [-0.05, 0) is 6.07 Å². The molecule has 16 heavy (non-hydrogen) atoms. The number of imide groups is 1. The minimum Gasteiger partial charge on any atom is -0.308 e. The number of nitrogens with one attached hydrogen (secondary N) is 1. The number of anilines is 1. The SMILES string of the molecule is NNc1ncccc1CN1C(=O)CCC1=O. The summed E-state index contributed by atoms with van der Waals surface area (Å²) >= 11 is 0. The van der Waals surface area contributed by atoms with Gasteiger partial charge in [-0.1, -0.05) is 6.07 Å². The van der Waals surface area contributed by atoms with E-state index in [2.05, 4.69) is 10.4 Å². The lowest BCUT2D eigenvalue weighted by Gasteiger charge is -2.15. The molecule has 2 rings (SSSR count). The highest BCUT2D eigenvalue weighted by atomic mass is 16.2. The lowest BCUT2D eigenvalue weighted by molar-refractivity contribution is -0.139. The number of pyridine rings is 1. The van der Waals surface area contributed by atoms with E-state index in [-0.39, 0.29) is 18.4 Å². The number of nitrogens with two attached hydrogens (primary N) is 1. The number of nitrogens with zero attached hydrogens (tertiary/aromatic N) is 2. The van der Waals surface area contributed by atoms with Gasteiger partial charge in [0, 0.05) is 24.6 Å². The molecule has 0 atom stereocenters. The fourth-order valence-electron chi connectivity index (χ4n) is 1.67. The summed E-state index contributed by atoms with van der Waals surface area (Å²) < 4.78 is 0. The van der Waals surface area contributed by atoms with Crippen molar-refractivity contribution in [3.8, 4) is 0 Å². The average Bonchev–Trinajstić information content (AvgIpc) is 2.61. The van der Waals surface area contributed by atoms with Crippen molar-refractivity contribution in [1.82, 2.24) is 9.88 Å². The largest absolute Gasteiger partial charge is 0.308 e. The monoisotopic (exact) mass is 220 g/mol. The Morgan fingerprint density at radius 1 is 1.38 bits per heavy atom. The highest BCUT2D eigenvalue weighted by Gasteiger charge is 2.29. The standard InChI is InChI=1S/C10H12N4O2/c11-13-10-7(2-1-5-12-10)6-14-8(15)3-4-9(14)16/h1-2,5H,3-4,6,11H2,(H,12,13). The minimum absolute atomic E-state index is 0.142. The summed E-state index contributed by atoms with van der Waals surface area (Å²) in [7, 11) is 0. The Labute approximate surface area is 92.4 Å². The van der Waals surface area contributed by atoms with E-state index in [4.69, 9.17) is 5.84 Å². The molecule has 1 aromatic heterocycles. The quantitative estimate of drug-likeness (QED) is 0.426. The normalized spacial score (nSPS) is 15.7. The first-order chi connectivity index (χ1) is 7.72. The van der Waals surface area contributed by atoms with Gasteiger partial charge in [-0.2, -0.15) is 0 Å². The van der Waals surface area contributed by atoms with Crippen molar-refractivity contribution in [3.05, 3.63) is 23.9 Å². The number of nitrogen functional groups attached to an aromatic ring is 1. The molecule has 0 aliphatic carbocycles. The Bertz CT molecular complexity index is 417. The van der Waals surface area contributed by atoms with Crippen LogP contribution in [-0.4, -0.2) is 21.7 Å². The predicted molar refractivity (Wildman–Crippen MR) is 56.8 cm³/mol. The Balaban J connectivity index is 2.20. The third-order valence-corrected chi connectivity index (χ3v) is 2.51.